The molecule has 0 spiro atoms. The number of esters is 1. The quantitative estimate of drug-likeness (QED) is 0.634. The highest BCUT2D eigenvalue weighted by Gasteiger charge is 2.21. The van der Waals surface area contributed by atoms with E-state index in [0.29, 0.717) is 28.0 Å². The molecule has 0 fully saturated rings. The number of aromatic nitrogens is 2. The molecule has 4 rings (SSSR count). The molecule has 0 saturated carbocycles. The van der Waals surface area contributed by atoms with E-state index in [1.54, 1.807) is 47.0 Å². The van der Waals surface area contributed by atoms with Gasteiger partial charge in [-0.25, -0.2) is 4.98 Å². The van der Waals surface area contributed by atoms with Crippen molar-refractivity contribution in [1.29, 1.82) is 0 Å². The molecular formula is C22H20ClN3O4. The van der Waals surface area contributed by atoms with Gasteiger partial charge in [-0.05, 0) is 42.3 Å². The van der Waals surface area contributed by atoms with Crippen molar-refractivity contribution in [2.75, 3.05) is 7.11 Å². The average Bonchev–Trinajstić information content (AvgIpc) is 3.22. The molecule has 8 heteroatoms. The summed E-state index contributed by atoms with van der Waals surface area (Å²) >= 11 is 5.95. The van der Waals surface area contributed by atoms with E-state index in [2.05, 4.69) is 10.3 Å². The number of benzene rings is 2. The zero-order valence-electron chi connectivity index (χ0n) is 16.4. The number of fused-ring (bicyclic) bond motifs is 2. The van der Waals surface area contributed by atoms with Crippen LogP contribution in [0.4, 0.5) is 0 Å². The molecule has 3 aromatic rings. The van der Waals surface area contributed by atoms with Gasteiger partial charge in [0.2, 0.25) is 0 Å². The Morgan fingerprint density at radius 3 is 2.73 bits per heavy atom. The monoisotopic (exact) mass is 425 g/mol. The minimum absolute atomic E-state index is 0.0233. The zero-order valence-corrected chi connectivity index (χ0v) is 17.1. The molecular weight excluding hydrogens is 406 g/mol. The summed E-state index contributed by atoms with van der Waals surface area (Å²) in [6.45, 7) is 0.676. The van der Waals surface area contributed by atoms with Crippen LogP contribution in [-0.2, 0) is 22.5 Å². The lowest BCUT2D eigenvalue weighted by Crippen LogP contribution is -2.30. The second-order valence-electron chi connectivity index (χ2n) is 7.18. The number of methoxy groups -OCH3 is 1. The number of rotatable bonds is 5. The van der Waals surface area contributed by atoms with Crippen molar-refractivity contribution in [2.24, 2.45) is 0 Å². The summed E-state index contributed by atoms with van der Waals surface area (Å²) in [5, 5.41) is 3.92. The molecule has 1 amide bonds. The Labute approximate surface area is 177 Å². The summed E-state index contributed by atoms with van der Waals surface area (Å²) in [6, 6.07) is 11.1. The van der Waals surface area contributed by atoms with Gasteiger partial charge in [0, 0.05) is 23.6 Å². The first kappa shape index (κ1) is 20.1. The smallest absolute Gasteiger partial charge is 0.307 e. The fourth-order valence-corrected chi connectivity index (χ4v) is 3.79. The van der Waals surface area contributed by atoms with Crippen LogP contribution in [-0.4, -0.2) is 28.5 Å². The Hall–Kier alpha value is -3.19. The van der Waals surface area contributed by atoms with E-state index in [9.17, 15) is 14.4 Å². The molecule has 0 saturated heterocycles. The normalized spacial score (nSPS) is 13.7. The van der Waals surface area contributed by atoms with Crippen LogP contribution >= 0.6 is 11.6 Å². The number of aryl methyl sites for hydroxylation is 1. The standard InChI is InChI=1S/C22H20ClN3O4/c1-30-20(27)12-17(13-4-7-15(23)8-5-13)25-21(28)14-6-9-16-18(11-14)24-19-3-2-10-26(19)22(16)29/h4-9,11,17H,2-3,10,12H2,1H3,(H,25,28)/t17-/m1/s1. The largest absolute Gasteiger partial charge is 0.469 e. The molecule has 7 nitrogen and oxygen atoms in total. The molecule has 1 aliphatic heterocycles. The van der Waals surface area contributed by atoms with Crippen LogP contribution in [0.2, 0.25) is 5.02 Å². The summed E-state index contributed by atoms with van der Waals surface area (Å²) in [6.07, 6.45) is 1.62. The molecule has 1 aliphatic rings. The van der Waals surface area contributed by atoms with Crippen LogP contribution in [0.1, 0.15) is 40.6 Å². The molecule has 0 unspecified atom stereocenters. The lowest BCUT2D eigenvalue weighted by Gasteiger charge is -2.18. The maximum absolute atomic E-state index is 12.9. The van der Waals surface area contributed by atoms with Crippen LogP contribution in [0.25, 0.3) is 10.9 Å². The number of carbonyl (C=O) groups excluding carboxylic acids is 2. The third kappa shape index (κ3) is 3.93. The average molecular weight is 426 g/mol. The number of hydrogen-bond acceptors (Lipinski definition) is 5. The maximum atomic E-state index is 12.9. The van der Waals surface area contributed by atoms with E-state index < -0.39 is 12.0 Å². The number of ether oxygens (including phenoxy) is 1. The van der Waals surface area contributed by atoms with Crippen molar-refractivity contribution in [3.8, 4) is 0 Å². The highest BCUT2D eigenvalue weighted by molar-refractivity contribution is 6.30. The number of nitrogens with one attached hydrogen (secondary N) is 1. The second kappa shape index (κ2) is 8.28. The van der Waals surface area contributed by atoms with Crippen molar-refractivity contribution in [2.45, 2.75) is 31.8 Å². The summed E-state index contributed by atoms with van der Waals surface area (Å²) in [4.78, 5) is 42.0. The van der Waals surface area contributed by atoms with Crippen LogP contribution < -0.4 is 10.9 Å². The van der Waals surface area contributed by atoms with Gasteiger partial charge in [-0.2, -0.15) is 0 Å². The third-order valence-corrected chi connectivity index (χ3v) is 5.51. The number of carbonyl (C=O) groups is 2. The molecule has 2 heterocycles. The predicted molar refractivity (Wildman–Crippen MR) is 113 cm³/mol. The van der Waals surface area contributed by atoms with Crippen molar-refractivity contribution in [1.82, 2.24) is 14.9 Å². The summed E-state index contributed by atoms with van der Waals surface area (Å²) in [5.74, 6) is -0.0723. The van der Waals surface area contributed by atoms with Gasteiger partial charge in [0.05, 0.1) is 30.5 Å². The number of nitrogens with zero attached hydrogens (tertiary/aromatic N) is 2. The second-order valence-corrected chi connectivity index (χ2v) is 7.61. The molecule has 1 N–H and O–H groups in total. The molecule has 154 valence electrons. The number of halogens is 1. The van der Waals surface area contributed by atoms with Crippen molar-refractivity contribution >= 4 is 34.4 Å². The van der Waals surface area contributed by atoms with E-state index in [0.717, 1.165) is 24.2 Å². The molecule has 1 aromatic heterocycles. The summed E-state index contributed by atoms with van der Waals surface area (Å²) in [5.41, 5.74) is 1.51. The van der Waals surface area contributed by atoms with E-state index in [4.69, 9.17) is 16.3 Å². The Bertz CT molecular complexity index is 1190. The molecule has 30 heavy (non-hydrogen) atoms. The summed E-state index contributed by atoms with van der Waals surface area (Å²) < 4.78 is 6.45. The van der Waals surface area contributed by atoms with Crippen molar-refractivity contribution < 1.29 is 14.3 Å². The first-order chi connectivity index (χ1) is 14.5. The van der Waals surface area contributed by atoms with Gasteiger partial charge in [0.1, 0.15) is 5.82 Å². The number of amides is 1. The van der Waals surface area contributed by atoms with E-state index in [1.807, 2.05) is 0 Å². The van der Waals surface area contributed by atoms with Crippen LogP contribution in [0.3, 0.4) is 0 Å². The lowest BCUT2D eigenvalue weighted by atomic mass is 10.0. The lowest BCUT2D eigenvalue weighted by molar-refractivity contribution is -0.141. The van der Waals surface area contributed by atoms with E-state index in [1.165, 1.54) is 7.11 Å². The van der Waals surface area contributed by atoms with Gasteiger partial charge >= 0.3 is 5.97 Å². The van der Waals surface area contributed by atoms with Crippen LogP contribution in [0.5, 0.6) is 0 Å². The number of hydrogen-bond donors (Lipinski definition) is 1. The van der Waals surface area contributed by atoms with Gasteiger partial charge in [-0.15, -0.1) is 0 Å². The first-order valence-corrected chi connectivity index (χ1v) is 10.0. The Morgan fingerprint density at radius 2 is 2.00 bits per heavy atom. The summed E-state index contributed by atoms with van der Waals surface area (Å²) in [7, 11) is 1.30. The van der Waals surface area contributed by atoms with E-state index >= 15 is 0 Å². The maximum Gasteiger partial charge on any atom is 0.307 e. The Balaban J connectivity index is 1.64. The molecule has 0 radical (unpaired) electrons. The highest BCUT2D eigenvalue weighted by Crippen LogP contribution is 2.22. The fourth-order valence-electron chi connectivity index (χ4n) is 3.66. The van der Waals surface area contributed by atoms with Gasteiger partial charge < -0.3 is 10.1 Å². The first-order valence-electron chi connectivity index (χ1n) is 9.63. The topological polar surface area (TPSA) is 90.3 Å². The Morgan fingerprint density at radius 1 is 1.23 bits per heavy atom. The predicted octanol–water partition coefficient (Wildman–Crippen LogP) is 3.03. The highest BCUT2D eigenvalue weighted by atomic mass is 35.5. The SMILES string of the molecule is COC(=O)C[C@@H](NC(=O)c1ccc2c(=O)n3c(nc2c1)CCC3)c1ccc(Cl)cc1. The minimum atomic E-state index is -0.587. The molecule has 1 atom stereocenters. The zero-order chi connectivity index (χ0) is 21.3. The van der Waals surface area contributed by atoms with Crippen molar-refractivity contribution in [3.63, 3.8) is 0 Å². The van der Waals surface area contributed by atoms with Crippen molar-refractivity contribution in [3.05, 3.63) is 74.8 Å². The third-order valence-electron chi connectivity index (χ3n) is 5.25. The van der Waals surface area contributed by atoms with Crippen LogP contribution in [0.15, 0.2) is 47.3 Å². The fraction of sp³-hybridized carbons (Fsp3) is 0.273. The van der Waals surface area contributed by atoms with Gasteiger partial charge in [-0.3, -0.25) is 19.0 Å². The van der Waals surface area contributed by atoms with Gasteiger partial charge in [-0.1, -0.05) is 23.7 Å². The van der Waals surface area contributed by atoms with E-state index in [-0.39, 0.29) is 17.9 Å². The minimum Gasteiger partial charge on any atom is -0.469 e. The Kier molecular flexibility index (Phi) is 5.55. The molecule has 0 bridgehead atoms. The molecule has 0 aliphatic carbocycles. The van der Waals surface area contributed by atoms with Crippen LogP contribution in [0, 0.1) is 0 Å². The van der Waals surface area contributed by atoms with Gasteiger partial charge in [0.25, 0.3) is 11.5 Å². The molecule has 2 aromatic carbocycles. The van der Waals surface area contributed by atoms with Gasteiger partial charge in [0.15, 0.2) is 0 Å².